The Morgan fingerprint density at radius 3 is 2.60 bits per heavy atom. The molecule has 0 fully saturated rings. The summed E-state index contributed by atoms with van der Waals surface area (Å²) in [5.74, 6) is -0.203. The fourth-order valence-corrected chi connectivity index (χ4v) is 2.41. The van der Waals surface area contributed by atoms with E-state index in [2.05, 4.69) is 15.9 Å². The number of aryl methyl sites for hydroxylation is 2. The normalized spacial score (nSPS) is 10.4. The Morgan fingerprint density at radius 2 is 1.95 bits per heavy atom. The van der Waals surface area contributed by atoms with Crippen LogP contribution in [0.1, 0.15) is 21.5 Å². The molecular formula is C16H14BrFO2. The average molecular weight is 337 g/mol. The van der Waals surface area contributed by atoms with E-state index in [9.17, 15) is 9.18 Å². The fraction of sp³-hybridized carbons (Fsp3) is 0.188. The van der Waals surface area contributed by atoms with Crippen molar-refractivity contribution >= 4 is 21.7 Å². The smallest absolute Gasteiger partial charge is 0.200 e. The lowest BCUT2D eigenvalue weighted by atomic mass is 10.0. The molecule has 0 atom stereocenters. The van der Waals surface area contributed by atoms with Crippen LogP contribution in [0.3, 0.4) is 0 Å². The van der Waals surface area contributed by atoms with Gasteiger partial charge in [0.1, 0.15) is 11.6 Å². The molecule has 0 saturated carbocycles. The standard InChI is InChI=1S/C16H14BrFO2/c1-10-3-4-15(11(2)5-10)16(19)9-20-14-7-12(17)6-13(18)8-14/h3-8H,9H2,1-2H3. The highest BCUT2D eigenvalue weighted by atomic mass is 79.9. The average Bonchev–Trinajstić information content (AvgIpc) is 2.35. The molecule has 104 valence electrons. The van der Waals surface area contributed by atoms with Crippen molar-refractivity contribution in [1.82, 2.24) is 0 Å². The van der Waals surface area contributed by atoms with Crippen LogP contribution in [0.2, 0.25) is 0 Å². The molecule has 0 bridgehead atoms. The maximum Gasteiger partial charge on any atom is 0.200 e. The maximum absolute atomic E-state index is 13.2. The number of halogens is 2. The summed E-state index contributed by atoms with van der Waals surface area (Å²) in [6.45, 7) is 3.75. The van der Waals surface area contributed by atoms with Crippen molar-refractivity contribution in [3.05, 3.63) is 63.4 Å². The summed E-state index contributed by atoms with van der Waals surface area (Å²) >= 11 is 3.18. The minimum absolute atomic E-state index is 0.111. The molecule has 0 saturated heterocycles. The molecule has 2 aromatic carbocycles. The van der Waals surface area contributed by atoms with Crippen LogP contribution in [0.25, 0.3) is 0 Å². The van der Waals surface area contributed by atoms with Crippen LogP contribution >= 0.6 is 15.9 Å². The van der Waals surface area contributed by atoms with Crippen molar-refractivity contribution in [2.45, 2.75) is 13.8 Å². The Kier molecular flexibility index (Phi) is 4.55. The molecule has 0 radical (unpaired) electrons. The molecule has 4 heteroatoms. The van der Waals surface area contributed by atoms with E-state index < -0.39 is 5.82 Å². The number of ketones is 1. The third kappa shape index (κ3) is 3.67. The molecule has 20 heavy (non-hydrogen) atoms. The molecule has 2 rings (SSSR count). The Morgan fingerprint density at radius 1 is 1.20 bits per heavy atom. The highest BCUT2D eigenvalue weighted by molar-refractivity contribution is 9.10. The lowest BCUT2D eigenvalue weighted by Crippen LogP contribution is -2.13. The van der Waals surface area contributed by atoms with Gasteiger partial charge >= 0.3 is 0 Å². The molecule has 0 N–H and O–H groups in total. The van der Waals surface area contributed by atoms with E-state index in [1.165, 1.54) is 12.1 Å². The lowest BCUT2D eigenvalue weighted by Gasteiger charge is -2.08. The van der Waals surface area contributed by atoms with Crippen LogP contribution in [0.5, 0.6) is 5.75 Å². The number of carbonyl (C=O) groups excluding carboxylic acids is 1. The van der Waals surface area contributed by atoms with Gasteiger partial charge in [0, 0.05) is 16.1 Å². The van der Waals surface area contributed by atoms with Crippen molar-refractivity contribution < 1.29 is 13.9 Å². The van der Waals surface area contributed by atoms with Gasteiger partial charge in [0.25, 0.3) is 0 Å². The monoisotopic (exact) mass is 336 g/mol. The molecular weight excluding hydrogens is 323 g/mol. The first-order valence-corrected chi connectivity index (χ1v) is 6.94. The lowest BCUT2D eigenvalue weighted by molar-refractivity contribution is 0.0920. The topological polar surface area (TPSA) is 26.3 Å². The predicted molar refractivity (Wildman–Crippen MR) is 79.8 cm³/mol. The van der Waals surface area contributed by atoms with E-state index in [0.717, 1.165) is 11.1 Å². The zero-order chi connectivity index (χ0) is 14.7. The van der Waals surface area contributed by atoms with Crippen molar-refractivity contribution in [2.24, 2.45) is 0 Å². The molecule has 0 heterocycles. The van der Waals surface area contributed by atoms with Crippen molar-refractivity contribution in [3.8, 4) is 5.75 Å². The third-order valence-electron chi connectivity index (χ3n) is 2.89. The largest absolute Gasteiger partial charge is 0.485 e. The van der Waals surface area contributed by atoms with Gasteiger partial charge in [-0.3, -0.25) is 4.79 Å². The van der Waals surface area contributed by atoms with Gasteiger partial charge in [-0.15, -0.1) is 0 Å². The summed E-state index contributed by atoms with van der Waals surface area (Å²) in [6.07, 6.45) is 0. The molecule has 2 aromatic rings. The van der Waals surface area contributed by atoms with Gasteiger partial charge in [-0.05, 0) is 31.5 Å². The second kappa shape index (κ2) is 6.18. The van der Waals surface area contributed by atoms with Gasteiger partial charge < -0.3 is 4.74 Å². The van der Waals surface area contributed by atoms with Crippen molar-refractivity contribution in [2.75, 3.05) is 6.61 Å². The summed E-state index contributed by atoms with van der Waals surface area (Å²) in [6, 6.07) is 9.83. The molecule has 0 amide bonds. The maximum atomic E-state index is 13.2. The van der Waals surface area contributed by atoms with Gasteiger partial charge in [-0.25, -0.2) is 4.39 Å². The molecule has 0 aliphatic heterocycles. The molecule has 0 spiro atoms. The molecule has 0 aliphatic carbocycles. The van der Waals surface area contributed by atoms with E-state index in [0.29, 0.717) is 15.8 Å². The van der Waals surface area contributed by atoms with Gasteiger partial charge in [0.2, 0.25) is 0 Å². The molecule has 0 unspecified atom stereocenters. The van der Waals surface area contributed by atoms with Gasteiger partial charge in [0.15, 0.2) is 12.4 Å². The summed E-state index contributed by atoms with van der Waals surface area (Å²) in [5.41, 5.74) is 2.65. The first kappa shape index (κ1) is 14.7. The van der Waals surface area contributed by atoms with E-state index in [4.69, 9.17) is 4.74 Å². The zero-order valence-electron chi connectivity index (χ0n) is 11.2. The molecule has 0 aliphatic rings. The highest BCUT2D eigenvalue weighted by Gasteiger charge is 2.10. The van der Waals surface area contributed by atoms with E-state index in [1.54, 1.807) is 12.1 Å². The van der Waals surface area contributed by atoms with Crippen molar-refractivity contribution in [1.29, 1.82) is 0 Å². The first-order valence-electron chi connectivity index (χ1n) is 6.15. The summed E-state index contributed by atoms with van der Waals surface area (Å²) in [5, 5.41) is 0. The van der Waals surface area contributed by atoms with Crippen LogP contribution in [0.4, 0.5) is 4.39 Å². The fourth-order valence-electron chi connectivity index (χ4n) is 1.96. The van der Waals surface area contributed by atoms with Crippen LogP contribution in [-0.4, -0.2) is 12.4 Å². The Hall–Kier alpha value is -1.68. The number of benzene rings is 2. The molecule has 2 nitrogen and oxygen atoms in total. The third-order valence-corrected chi connectivity index (χ3v) is 3.35. The quantitative estimate of drug-likeness (QED) is 0.770. The Balaban J connectivity index is 2.08. The summed E-state index contributed by atoms with van der Waals surface area (Å²) in [7, 11) is 0. The highest BCUT2D eigenvalue weighted by Crippen LogP contribution is 2.21. The van der Waals surface area contributed by atoms with E-state index >= 15 is 0 Å². The van der Waals surface area contributed by atoms with Gasteiger partial charge in [0.05, 0.1) is 0 Å². The number of carbonyl (C=O) groups is 1. The van der Waals surface area contributed by atoms with Gasteiger partial charge in [-0.1, -0.05) is 39.7 Å². The van der Waals surface area contributed by atoms with Crippen LogP contribution in [0.15, 0.2) is 40.9 Å². The minimum atomic E-state index is -0.409. The number of hydrogen-bond acceptors (Lipinski definition) is 2. The minimum Gasteiger partial charge on any atom is -0.485 e. The Bertz CT molecular complexity index is 633. The first-order chi connectivity index (χ1) is 9.45. The van der Waals surface area contributed by atoms with E-state index in [-0.39, 0.29) is 12.4 Å². The SMILES string of the molecule is Cc1ccc(C(=O)COc2cc(F)cc(Br)c2)c(C)c1. The van der Waals surface area contributed by atoms with Crippen LogP contribution < -0.4 is 4.74 Å². The summed E-state index contributed by atoms with van der Waals surface area (Å²) < 4.78 is 19.1. The summed E-state index contributed by atoms with van der Waals surface area (Å²) in [4.78, 5) is 12.1. The second-order valence-corrected chi connectivity index (χ2v) is 5.55. The number of ether oxygens (including phenoxy) is 1. The second-order valence-electron chi connectivity index (χ2n) is 4.64. The number of Topliss-reactive ketones (excluding diaryl/α,β-unsaturated/α-hetero) is 1. The van der Waals surface area contributed by atoms with Gasteiger partial charge in [-0.2, -0.15) is 0 Å². The Labute approximate surface area is 125 Å². The van der Waals surface area contributed by atoms with Crippen LogP contribution in [0, 0.1) is 19.7 Å². The number of rotatable bonds is 4. The zero-order valence-corrected chi connectivity index (χ0v) is 12.8. The van der Waals surface area contributed by atoms with Crippen molar-refractivity contribution in [3.63, 3.8) is 0 Å². The molecule has 0 aromatic heterocycles. The van der Waals surface area contributed by atoms with Crippen LogP contribution in [-0.2, 0) is 0 Å². The predicted octanol–water partition coefficient (Wildman–Crippen LogP) is 4.47. The van der Waals surface area contributed by atoms with E-state index in [1.807, 2.05) is 26.0 Å². The number of hydrogen-bond donors (Lipinski definition) is 0.